The number of amides is 2. The van der Waals surface area contributed by atoms with Crippen LogP contribution in [-0.2, 0) is 4.79 Å². The van der Waals surface area contributed by atoms with Gasteiger partial charge in [-0.15, -0.1) is 0 Å². The predicted molar refractivity (Wildman–Crippen MR) is 97.1 cm³/mol. The first kappa shape index (κ1) is 17.7. The molecule has 1 aliphatic heterocycles. The van der Waals surface area contributed by atoms with Gasteiger partial charge in [0.2, 0.25) is 5.91 Å². The Hall–Kier alpha value is -3.15. The van der Waals surface area contributed by atoms with E-state index in [1.807, 2.05) is 30.3 Å². The summed E-state index contributed by atoms with van der Waals surface area (Å²) in [5.41, 5.74) is 2.32. The number of benzene rings is 2. The molecule has 1 fully saturated rings. The maximum Gasteiger partial charge on any atom is 0.335 e. The number of carboxylic acid groups (broad SMARTS) is 1. The number of nitrogens with zero attached hydrogens (tertiary/aromatic N) is 2. The van der Waals surface area contributed by atoms with Crippen molar-refractivity contribution in [3.05, 3.63) is 59.2 Å². The van der Waals surface area contributed by atoms with Crippen LogP contribution in [0.25, 0.3) is 11.1 Å². The van der Waals surface area contributed by atoms with Gasteiger partial charge in [0.25, 0.3) is 5.91 Å². The second kappa shape index (κ2) is 7.00. The highest BCUT2D eigenvalue weighted by Crippen LogP contribution is 2.27. The lowest BCUT2D eigenvalue weighted by atomic mass is 9.94. The Balaban J connectivity index is 2.05. The highest BCUT2D eigenvalue weighted by molar-refractivity contribution is 6.03. The summed E-state index contributed by atoms with van der Waals surface area (Å²) >= 11 is 0. The van der Waals surface area contributed by atoms with E-state index in [-0.39, 0.29) is 23.9 Å². The molecule has 0 atom stereocenters. The molecular weight excluding hydrogens is 332 g/mol. The van der Waals surface area contributed by atoms with Gasteiger partial charge >= 0.3 is 5.97 Å². The molecule has 2 aromatic rings. The summed E-state index contributed by atoms with van der Waals surface area (Å²) < 4.78 is 0. The van der Waals surface area contributed by atoms with E-state index < -0.39 is 5.97 Å². The number of likely N-dealkylation sites (N-methyl/N-ethyl adjacent to an activating group) is 1. The van der Waals surface area contributed by atoms with E-state index in [0.717, 1.165) is 5.56 Å². The molecule has 0 spiro atoms. The average Bonchev–Trinajstić information content (AvgIpc) is 2.64. The number of carbonyl (C=O) groups is 3. The van der Waals surface area contributed by atoms with E-state index in [9.17, 15) is 19.5 Å². The Kier molecular flexibility index (Phi) is 4.75. The van der Waals surface area contributed by atoms with E-state index in [2.05, 4.69) is 0 Å². The minimum absolute atomic E-state index is 0.00669. The zero-order chi connectivity index (χ0) is 18.8. The molecule has 0 bridgehead atoms. The second-order valence-corrected chi connectivity index (χ2v) is 6.41. The monoisotopic (exact) mass is 352 g/mol. The molecule has 2 aromatic carbocycles. The van der Waals surface area contributed by atoms with Crippen LogP contribution in [0.4, 0.5) is 0 Å². The molecule has 26 heavy (non-hydrogen) atoms. The van der Waals surface area contributed by atoms with Gasteiger partial charge in [-0.25, -0.2) is 4.79 Å². The highest BCUT2D eigenvalue weighted by Gasteiger charge is 2.28. The van der Waals surface area contributed by atoms with Gasteiger partial charge in [0.15, 0.2) is 0 Å². The Morgan fingerprint density at radius 3 is 2.27 bits per heavy atom. The van der Waals surface area contributed by atoms with Crippen molar-refractivity contribution in [2.24, 2.45) is 0 Å². The van der Waals surface area contributed by atoms with Crippen molar-refractivity contribution in [3.8, 4) is 11.1 Å². The SMILES string of the molecule is Cc1c(C(=O)O)cc(-c2ccccc2)cc1C(=O)N1CCN(C)C(=O)C1. The third kappa shape index (κ3) is 3.31. The van der Waals surface area contributed by atoms with Gasteiger partial charge < -0.3 is 14.9 Å². The molecule has 1 heterocycles. The molecule has 6 nitrogen and oxygen atoms in total. The van der Waals surface area contributed by atoms with Crippen LogP contribution in [0.5, 0.6) is 0 Å². The number of aromatic carboxylic acids is 1. The van der Waals surface area contributed by atoms with Crippen molar-refractivity contribution in [3.63, 3.8) is 0 Å². The lowest BCUT2D eigenvalue weighted by Crippen LogP contribution is -2.50. The average molecular weight is 352 g/mol. The number of piperazine rings is 1. The number of carbonyl (C=O) groups excluding carboxylic acids is 2. The number of hydrogen-bond donors (Lipinski definition) is 1. The first-order chi connectivity index (χ1) is 12.4. The number of rotatable bonds is 3. The van der Waals surface area contributed by atoms with Gasteiger partial charge in [-0.05, 0) is 35.7 Å². The molecule has 1 saturated heterocycles. The van der Waals surface area contributed by atoms with Crippen molar-refractivity contribution < 1.29 is 19.5 Å². The van der Waals surface area contributed by atoms with Crippen LogP contribution in [0.1, 0.15) is 26.3 Å². The van der Waals surface area contributed by atoms with Crippen LogP contribution in [0.2, 0.25) is 0 Å². The summed E-state index contributed by atoms with van der Waals surface area (Å²) in [5, 5.41) is 9.54. The van der Waals surface area contributed by atoms with Crippen LogP contribution >= 0.6 is 0 Å². The molecule has 2 amide bonds. The molecular formula is C20H20N2O4. The Morgan fingerprint density at radius 1 is 1.00 bits per heavy atom. The molecule has 0 radical (unpaired) electrons. The molecule has 1 N–H and O–H groups in total. The van der Waals surface area contributed by atoms with Gasteiger partial charge in [-0.1, -0.05) is 30.3 Å². The lowest BCUT2D eigenvalue weighted by Gasteiger charge is -2.32. The molecule has 0 aliphatic carbocycles. The second-order valence-electron chi connectivity index (χ2n) is 6.41. The Morgan fingerprint density at radius 2 is 1.65 bits per heavy atom. The third-order valence-corrected chi connectivity index (χ3v) is 4.72. The van der Waals surface area contributed by atoms with Crippen molar-refractivity contribution >= 4 is 17.8 Å². The Labute approximate surface area is 151 Å². The number of hydrogen-bond acceptors (Lipinski definition) is 3. The molecule has 0 aromatic heterocycles. The van der Waals surface area contributed by atoms with Crippen molar-refractivity contribution in [1.82, 2.24) is 9.80 Å². The highest BCUT2D eigenvalue weighted by atomic mass is 16.4. The summed E-state index contributed by atoms with van der Waals surface area (Å²) in [7, 11) is 1.70. The maximum absolute atomic E-state index is 13.0. The molecule has 0 unspecified atom stereocenters. The zero-order valence-electron chi connectivity index (χ0n) is 14.7. The maximum atomic E-state index is 13.0. The summed E-state index contributed by atoms with van der Waals surface area (Å²) in [4.78, 5) is 39.6. The van der Waals surface area contributed by atoms with Crippen molar-refractivity contribution in [1.29, 1.82) is 0 Å². The van der Waals surface area contributed by atoms with E-state index in [0.29, 0.717) is 29.8 Å². The Bertz CT molecular complexity index is 877. The molecule has 134 valence electrons. The van der Waals surface area contributed by atoms with Gasteiger partial charge in [-0.2, -0.15) is 0 Å². The quantitative estimate of drug-likeness (QED) is 0.919. The van der Waals surface area contributed by atoms with Gasteiger partial charge in [0, 0.05) is 25.7 Å². The molecule has 1 aliphatic rings. The zero-order valence-corrected chi connectivity index (χ0v) is 14.7. The van der Waals surface area contributed by atoms with Crippen molar-refractivity contribution in [2.75, 3.05) is 26.7 Å². The normalized spacial score (nSPS) is 14.5. The van der Waals surface area contributed by atoms with Gasteiger partial charge in [0.1, 0.15) is 6.54 Å². The summed E-state index contributed by atoms with van der Waals surface area (Å²) in [5.74, 6) is -1.52. The van der Waals surface area contributed by atoms with E-state index >= 15 is 0 Å². The van der Waals surface area contributed by atoms with Crippen LogP contribution in [-0.4, -0.2) is 59.4 Å². The van der Waals surface area contributed by atoms with Crippen molar-refractivity contribution in [2.45, 2.75) is 6.92 Å². The standard InChI is InChI=1S/C20H20N2O4/c1-13-16(19(24)22-9-8-21(2)18(23)12-22)10-15(11-17(13)20(25)26)14-6-4-3-5-7-14/h3-7,10-11H,8-9,12H2,1-2H3,(H,25,26). The molecule has 6 heteroatoms. The first-order valence-electron chi connectivity index (χ1n) is 8.35. The summed E-state index contributed by atoms with van der Waals surface area (Å²) in [6, 6.07) is 12.6. The summed E-state index contributed by atoms with van der Waals surface area (Å²) in [6.45, 7) is 2.53. The smallest absolute Gasteiger partial charge is 0.335 e. The summed E-state index contributed by atoms with van der Waals surface area (Å²) in [6.07, 6.45) is 0. The van der Waals surface area contributed by atoms with E-state index in [1.54, 1.807) is 31.0 Å². The fourth-order valence-corrected chi connectivity index (χ4v) is 3.06. The van der Waals surface area contributed by atoms with E-state index in [1.165, 1.54) is 4.90 Å². The van der Waals surface area contributed by atoms with Gasteiger partial charge in [0.05, 0.1) is 5.56 Å². The topological polar surface area (TPSA) is 77.9 Å². The fourth-order valence-electron chi connectivity index (χ4n) is 3.06. The van der Waals surface area contributed by atoms with Crippen LogP contribution in [0.3, 0.4) is 0 Å². The molecule has 0 saturated carbocycles. The fraction of sp³-hybridized carbons (Fsp3) is 0.250. The predicted octanol–water partition coefficient (Wildman–Crippen LogP) is 2.27. The minimum atomic E-state index is -1.08. The minimum Gasteiger partial charge on any atom is -0.478 e. The largest absolute Gasteiger partial charge is 0.478 e. The lowest BCUT2D eigenvalue weighted by molar-refractivity contribution is -0.133. The third-order valence-electron chi connectivity index (χ3n) is 4.72. The van der Waals surface area contributed by atoms with Crippen LogP contribution < -0.4 is 0 Å². The first-order valence-corrected chi connectivity index (χ1v) is 8.35. The van der Waals surface area contributed by atoms with E-state index in [4.69, 9.17) is 0 Å². The van der Waals surface area contributed by atoms with Crippen LogP contribution in [0, 0.1) is 6.92 Å². The van der Waals surface area contributed by atoms with Gasteiger partial charge in [-0.3, -0.25) is 9.59 Å². The molecule has 3 rings (SSSR count). The van der Waals surface area contributed by atoms with Crippen LogP contribution in [0.15, 0.2) is 42.5 Å². The number of carboxylic acids is 1.